The van der Waals surface area contributed by atoms with Gasteiger partial charge in [0.05, 0.1) is 0 Å². The first-order chi connectivity index (χ1) is 5.74. The maximum absolute atomic E-state index is 3.51. The Labute approximate surface area is 76.3 Å². The highest BCUT2D eigenvalue weighted by Gasteiger charge is 2.22. The molecule has 72 valence electrons. The summed E-state index contributed by atoms with van der Waals surface area (Å²) >= 11 is 0. The monoisotopic (exact) mass is 170 g/mol. The van der Waals surface area contributed by atoms with Gasteiger partial charge in [-0.15, -0.1) is 0 Å². The first-order valence-corrected chi connectivity index (χ1v) is 5.21. The zero-order valence-electron chi connectivity index (χ0n) is 8.64. The molecule has 1 aliphatic heterocycles. The molecule has 0 aromatic heterocycles. The van der Waals surface area contributed by atoms with E-state index in [1.165, 1.54) is 32.5 Å². The molecular weight excluding hydrogens is 148 g/mol. The Morgan fingerprint density at radius 3 is 2.83 bits per heavy atom. The Hall–Kier alpha value is -0.0800. The fourth-order valence-corrected chi connectivity index (χ4v) is 1.91. The van der Waals surface area contributed by atoms with Crippen molar-refractivity contribution in [1.82, 2.24) is 10.2 Å². The lowest BCUT2D eigenvalue weighted by atomic mass is 10.2. The van der Waals surface area contributed by atoms with Gasteiger partial charge in [0.2, 0.25) is 0 Å². The maximum atomic E-state index is 3.51. The van der Waals surface area contributed by atoms with Gasteiger partial charge >= 0.3 is 0 Å². The van der Waals surface area contributed by atoms with Crippen LogP contribution >= 0.6 is 0 Å². The predicted octanol–water partition coefficient (Wildman–Crippen LogP) is 1.47. The van der Waals surface area contributed by atoms with Crippen LogP contribution in [-0.4, -0.2) is 36.6 Å². The minimum atomic E-state index is 0.629. The standard InChI is InChI=1S/C10H22N2/c1-4-12-7-5-6-10(12)8-11-9(2)3/h9-11H,4-8H2,1-3H3/t10-/m0/s1. The largest absolute Gasteiger partial charge is 0.313 e. The van der Waals surface area contributed by atoms with Gasteiger partial charge in [-0.3, -0.25) is 4.90 Å². The van der Waals surface area contributed by atoms with Gasteiger partial charge in [0.15, 0.2) is 0 Å². The molecule has 1 saturated heterocycles. The molecule has 12 heavy (non-hydrogen) atoms. The van der Waals surface area contributed by atoms with Crippen molar-refractivity contribution in [3.8, 4) is 0 Å². The van der Waals surface area contributed by atoms with Crippen molar-refractivity contribution in [3.05, 3.63) is 0 Å². The third-order valence-corrected chi connectivity index (χ3v) is 2.67. The quantitative estimate of drug-likeness (QED) is 0.687. The second-order valence-corrected chi connectivity index (χ2v) is 3.99. The molecule has 2 heteroatoms. The molecule has 1 N–H and O–H groups in total. The summed E-state index contributed by atoms with van der Waals surface area (Å²) < 4.78 is 0. The Morgan fingerprint density at radius 2 is 2.25 bits per heavy atom. The van der Waals surface area contributed by atoms with E-state index in [1.54, 1.807) is 0 Å². The lowest BCUT2D eigenvalue weighted by molar-refractivity contribution is 0.256. The Morgan fingerprint density at radius 1 is 1.50 bits per heavy atom. The first-order valence-electron chi connectivity index (χ1n) is 5.21. The van der Waals surface area contributed by atoms with E-state index in [9.17, 15) is 0 Å². The molecule has 0 amide bonds. The second kappa shape index (κ2) is 4.83. The lowest BCUT2D eigenvalue weighted by Crippen LogP contribution is -2.39. The second-order valence-electron chi connectivity index (χ2n) is 3.99. The van der Waals surface area contributed by atoms with E-state index >= 15 is 0 Å². The molecule has 0 unspecified atom stereocenters. The zero-order valence-corrected chi connectivity index (χ0v) is 8.64. The van der Waals surface area contributed by atoms with Crippen LogP contribution in [0.5, 0.6) is 0 Å². The number of hydrogen-bond acceptors (Lipinski definition) is 2. The molecule has 1 aliphatic rings. The van der Waals surface area contributed by atoms with Crippen LogP contribution in [0.2, 0.25) is 0 Å². The molecule has 0 saturated carbocycles. The van der Waals surface area contributed by atoms with Crippen LogP contribution in [0.15, 0.2) is 0 Å². The first kappa shape index (κ1) is 10.0. The molecule has 0 aromatic carbocycles. The van der Waals surface area contributed by atoms with Gasteiger partial charge in [0.1, 0.15) is 0 Å². The molecule has 0 aliphatic carbocycles. The van der Waals surface area contributed by atoms with Crippen LogP contribution in [0.25, 0.3) is 0 Å². The molecule has 0 spiro atoms. The van der Waals surface area contributed by atoms with E-state index in [4.69, 9.17) is 0 Å². The van der Waals surface area contributed by atoms with Crippen molar-refractivity contribution in [2.45, 2.75) is 45.7 Å². The highest BCUT2D eigenvalue weighted by molar-refractivity contribution is 4.80. The summed E-state index contributed by atoms with van der Waals surface area (Å²) in [5.41, 5.74) is 0. The fraction of sp³-hybridized carbons (Fsp3) is 1.00. The summed E-state index contributed by atoms with van der Waals surface area (Å²) in [6.45, 7) is 10.4. The van der Waals surface area contributed by atoms with E-state index < -0.39 is 0 Å². The van der Waals surface area contributed by atoms with E-state index in [0.717, 1.165) is 6.04 Å². The van der Waals surface area contributed by atoms with Gasteiger partial charge in [0, 0.05) is 18.6 Å². The van der Waals surface area contributed by atoms with Crippen molar-refractivity contribution in [1.29, 1.82) is 0 Å². The minimum absolute atomic E-state index is 0.629. The fourth-order valence-electron chi connectivity index (χ4n) is 1.91. The Bertz CT molecular complexity index is 123. The van der Waals surface area contributed by atoms with Gasteiger partial charge in [-0.1, -0.05) is 20.8 Å². The third-order valence-electron chi connectivity index (χ3n) is 2.67. The van der Waals surface area contributed by atoms with Crippen LogP contribution in [0.1, 0.15) is 33.6 Å². The maximum Gasteiger partial charge on any atom is 0.0221 e. The van der Waals surface area contributed by atoms with E-state index in [-0.39, 0.29) is 0 Å². The molecule has 0 bridgehead atoms. The molecule has 1 fully saturated rings. The van der Waals surface area contributed by atoms with E-state index in [1.807, 2.05) is 0 Å². The van der Waals surface area contributed by atoms with Crippen molar-refractivity contribution in [3.63, 3.8) is 0 Å². The van der Waals surface area contributed by atoms with E-state index in [0.29, 0.717) is 6.04 Å². The van der Waals surface area contributed by atoms with Gasteiger partial charge < -0.3 is 5.32 Å². The number of nitrogens with zero attached hydrogens (tertiary/aromatic N) is 1. The summed E-state index contributed by atoms with van der Waals surface area (Å²) in [7, 11) is 0. The molecular formula is C10H22N2. The predicted molar refractivity (Wildman–Crippen MR) is 53.4 cm³/mol. The molecule has 1 rings (SSSR count). The van der Waals surface area contributed by atoms with Crippen LogP contribution in [0.3, 0.4) is 0 Å². The summed E-state index contributed by atoms with van der Waals surface area (Å²) in [5, 5.41) is 3.51. The van der Waals surface area contributed by atoms with Crippen LogP contribution in [0, 0.1) is 0 Å². The highest BCUT2D eigenvalue weighted by Crippen LogP contribution is 2.15. The Balaban J connectivity index is 2.21. The number of likely N-dealkylation sites (tertiary alicyclic amines) is 1. The molecule has 0 radical (unpaired) electrons. The van der Waals surface area contributed by atoms with Crippen molar-refractivity contribution >= 4 is 0 Å². The molecule has 0 aromatic rings. The van der Waals surface area contributed by atoms with E-state index in [2.05, 4.69) is 31.0 Å². The summed E-state index contributed by atoms with van der Waals surface area (Å²) in [6.07, 6.45) is 2.77. The van der Waals surface area contributed by atoms with Crippen LogP contribution in [-0.2, 0) is 0 Å². The molecule has 1 heterocycles. The van der Waals surface area contributed by atoms with Gasteiger partial charge in [-0.2, -0.15) is 0 Å². The molecule has 2 nitrogen and oxygen atoms in total. The van der Waals surface area contributed by atoms with Crippen molar-refractivity contribution in [2.24, 2.45) is 0 Å². The topological polar surface area (TPSA) is 15.3 Å². The third kappa shape index (κ3) is 2.76. The van der Waals surface area contributed by atoms with Gasteiger partial charge in [-0.25, -0.2) is 0 Å². The summed E-state index contributed by atoms with van der Waals surface area (Å²) in [5.74, 6) is 0. The molecule has 1 atom stereocenters. The smallest absolute Gasteiger partial charge is 0.0221 e. The minimum Gasteiger partial charge on any atom is -0.313 e. The number of nitrogens with one attached hydrogen (secondary N) is 1. The van der Waals surface area contributed by atoms with Crippen molar-refractivity contribution in [2.75, 3.05) is 19.6 Å². The van der Waals surface area contributed by atoms with Crippen LogP contribution in [0.4, 0.5) is 0 Å². The number of likely N-dealkylation sites (N-methyl/N-ethyl adjacent to an activating group) is 1. The highest BCUT2D eigenvalue weighted by atomic mass is 15.2. The van der Waals surface area contributed by atoms with Crippen LogP contribution < -0.4 is 5.32 Å². The zero-order chi connectivity index (χ0) is 8.97. The number of rotatable bonds is 4. The average molecular weight is 170 g/mol. The SMILES string of the molecule is CCN1CCC[C@H]1CNC(C)C. The number of hydrogen-bond donors (Lipinski definition) is 1. The summed E-state index contributed by atoms with van der Waals surface area (Å²) in [6, 6.07) is 1.43. The average Bonchev–Trinajstić information content (AvgIpc) is 2.47. The normalized spacial score (nSPS) is 25.5. The lowest BCUT2D eigenvalue weighted by Gasteiger charge is -2.23. The van der Waals surface area contributed by atoms with Gasteiger partial charge in [0.25, 0.3) is 0 Å². The van der Waals surface area contributed by atoms with Gasteiger partial charge in [-0.05, 0) is 25.9 Å². The van der Waals surface area contributed by atoms with Crippen molar-refractivity contribution < 1.29 is 0 Å². The summed E-state index contributed by atoms with van der Waals surface area (Å²) in [4.78, 5) is 2.58. The Kier molecular flexibility index (Phi) is 4.02.